The molecule has 1 saturated carbocycles. The van der Waals surface area contributed by atoms with Crippen LogP contribution in [0.4, 0.5) is 0 Å². The second-order valence-electron chi connectivity index (χ2n) is 7.50. The maximum Gasteiger partial charge on any atom is 0.0446 e. The average molecular weight is 316 g/mol. The van der Waals surface area contributed by atoms with Crippen LogP contribution in [0.25, 0.3) is 0 Å². The van der Waals surface area contributed by atoms with Crippen molar-refractivity contribution in [1.29, 1.82) is 0 Å². The summed E-state index contributed by atoms with van der Waals surface area (Å²) in [4.78, 5) is 5.29. The Morgan fingerprint density at radius 3 is 2.57 bits per heavy atom. The molecule has 0 amide bonds. The van der Waals surface area contributed by atoms with Crippen LogP contribution in [-0.2, 0) is 6.54 Å². The lowest BCUT2D eigenvalue weighted by Gasteiger charge is -2.44. The number of rotatable bonds is 5. The fraction of sp³-hybridized carbons (Fsp3) is 0.700. The van der Waals surface area contributed by atoms with Crippen molar-refractivity contribution in [2.45, 2.75) is 64.6 Å². The van der Waals surface area contributed by atoms with Gasteiger partial charge in [0.05, 0.1) is 0 Å². The predicted molar refractivity (Wildman–Crippen MR) is 95.6 cm³/mol. The first-order chi connectivity index (χ1) is 11.2. The molecule has 2 aliphatic rings. The van der Waals surface area contributed by atoms with E-state index in [2.05, 4.69) is 41.8 Å². The van der Waals surface area contributed by atoms with E-state index in [9.17, 15) is 5.11 Å². The molecule has 3 heteroatoms. The minimum atomic E-state index is 0.311. The summed E-state index contributed by atoms with van der Waals surface area (Å²) >= 11 is 0. The van der Waals surface area contributed by atoms with Gasteiger partial charge < -0.3 is 5.11 Å². The fourth-order valence-electron chi connectivity index (χ4n) is 4.36. The molecular formula is C20H32N2O. The SMILES string of the molecule is Cc1ccc(CN2CCN(C3CCCC3)[C@@H](CCO)C2)cc1C. The smallest absolute Gasteiger partial charge is 0.0446 e. The molecule has 1 aliphatic heterocycles. The summed E-state index contributed by atoms with van der Waals surface area (Å²) in [5.41, 5.74) is 4.18. The summed E-state index contributed by atoms with van der Waals surface area (Å²) in [7, 11) is 0. The Bertz CT molecular complexity index is 510. The van der Waals surface area contributed by atoms with Gasteiger partial charge >= 0.3 is 0 Å². The van der Waals surface area contributed by atoms with Crippen molar-refractivity contribution < 1.29 is 5.11 Å². The first kappa shape index (κ1) is 16.9. The third kappa shape index (κ3) is 4.14. The van der Waals surface area contributed by atoms with E-state index in [1.807, 2.05) is 0 Å². The number of aliphatic hydroxyl groups is 1. The first-order valence-corrected chi connectivity index (χ1v) is 9.32. The molecule has 1 saturated heterocycles. The van der Waals surface area contributed by atoms with E-state index in [0.29, 0.717) is 12.6 Å². The molecule has 1 atom stereocenters. The topological polar surface area (TPSA) is 26.7 Å². The van der Waals surface area contributed by atoms with Gasteiger partial charge in [0.15, 0.2) is 0 Å². The van der Waals surface area contributed by atoms with Crippen molar-refractivity contribution in [2.24, 2.45) is 0 Å². The summed E-state index contributed by atoms with van der Waals surface area (Å²) < 4.78 is 0. The number of aryl methyl sites for hydroxylation is 2. The van der Waals surface area contributed by atoms with Crippen LogP contribution in [0, 0.1) is 13.8 Å². The molecule has 1 aliphatic carbocycles. The molecule has 0 unspecified atom stereocenters. The largest absolute Gasteiger partial charge is 0.396 e. The molecule has 3 nitrogen and oxygen atoms in total. The second kappa shape index (κ2) is 7.78. The van der Waals surface area contributed by atoms with Gasteiger partial charge in [-0.2, -0.15) is 0 Å². The Morgan fingerprint density at radius 1 is 1.09 bits per heavy atom. The Balaban J connectivity index is 1.62. The van der Waals surface area contributed by atoms with Crippen molar-refractivity contribution in [3.63, 3.8) is 0 Å². The lowest BCUT2D eigenvalue weighted by atomic mass is 10.0. The Labute approximate surface area is 141 Å². The number of hydrogen-bond donors (Lipinski definition) is 1. The Morgan fingerprint density at radius 2 is 1.87 bits per heavy atom. The van der Waals surface area contributed by atoms with Crippen LogP contribution in [0.2, 0.25) is 0 Å². The summed E-state index contributed by atoms with van der Waals surface area (Å²) in [6.07, 6.45) is 6.41. The number of hydrogen-bond acceptors (Lipinski definition) is 3. The summed E-state index contributed by atoms with van der Waals surface area (Å²) in [5.74, 6) is 0. The number of nitrogens with zero attached hydrogens (tertiary/aromatic N) is 2. The highest BCUT2D eigenvalue weighted by molar-refractivity contribution is 5.29. The normalized spacial score (nSPS) is 24.4. The minimum Gasteiger partial charge on any atom is -0.396 e. The van der Waals surface area contributed by atoms with Gasteiger partial charge in [-0.15, -0.1) is 0 Å². The third-order valence-corrected chi connectivity index (χ3v) is 5.85. The molecule has 0 radical (unpaired) electrons. The van der Waals surface area contributed by atoms with Gasteiger partial charge in [-0.1, -0.05) is 31.0 Å². The lowest BCUT2D eigenvalue weighted by molar-refractivity contribution is 0.0267. The van der Waals surface area contributed by atoms with E-state index in [-0.39, 0.29) is 0 Å². The van der Waals surface area contributed by atoms with Gasteiger partial charge in [0.1, 0.15) is 0 Å². The molecule has 1 N–H and O–H groups in total. The molecule has 2 fully saturated rings. The molecule has 23 heavy (non-hydrogen) atoms. The zero-order chi connectivity index (χ0) is 16.2. The predicted octanol–water partition coefficient (Wildman–Crippen LogP) is 3.11. The van der Waals surface area contributed by atoms with Crippen LogP contribution in [0.3, 0.4) is 0 Å². The number of piperazine rings is 1. The van der Waals surface area contributed by atoms with E-state index in [4.69, 9.17) is 0 Å². The second-order valence-corrected chi connectivity index (χ2v) is 7.50. The number of benzene rings is 1. The molecule has 1 aromatic rings. The Hall–Kier alpha value is -0.900. The van der Waals surface area contributed by atoms with E-state index in [1.165, 1.54) is 48.9 Å². The molecule has 3 rings (SSSR count). The monoisotopic (exact) mass is 316 g/mol. The van der Waals surface area contributed by atoms with Crippen molar-refractivity contribution in [2.75, 3.05) is 26.2 Å². The van der Waals surface area contributed by atoms with Crippen LogP contribution in [0.5, 0.6) is 0 Å². The highest BCUT2D eigenvalue weighted by Gasteiger charge is 2.32. The van der Waals surface area contributed by atoms with Crippen LogP contribution >= 0.6 is 0 Å². The Kier molecular flexibility index (Phi) is 5.73. The van der Waals surface area contributed by atoms with Crippen LogP contribution in [0.15, 0.2) is 18.2 Å². The van der Waals surface area contributed by atoms with Gasteiger partial charge in [-0.3, -0.25) is 9.80 Å². The van der Waals surface area contributed by atoms with Crippen molar-refractivity contribution >= 4 is 0 Å². The van der Waals surface area contributed by atoms with Gasteiger partial charge in [0.25, 0.3) is 0 Å². The number of aliphatic hydroxyl groups excluding tert-OH is 1. The van der Waals surface area contributed by atoms with Crippen molar-refractivity contribution in [3.05, 3.63) is 34.9 Å². The molecule has 0 spiro atoms. The molecule has 0 bridgehead atoms. The fourth-order valence-corrected chi connectivity index (χ4v) is 4.36. The zero-order valence-electron chi connectivity index (χ0n) is 14.8. The average Bonchev–Trinajstić information content (AvgIpc) is 3.06. The molecule has 0 aromatic heterocycles. The summed E-state index contributed by atoms with van der Waals surface area (Å²) in [5, 5.41) is 9.48. The van der Waals surface area contributed by atoms with Crippen LogP contribution < -0.4 is 0 Å². The quantitative estimate of drug-likeness (QED) is 0.904. The van der Waals surface area contributed by atoms with Gasteiger partial charge in [0.2, 0.25) is 0 Å². The van der Waals surface area contributed by atoms with Gasteiger partial charge in [0, 0.05) is 44.9 Å². The van der Waals surface area contributed by atoms with E-state index in [1.54, 1.807) is 0 Å². The van der Waals surface area contributed by atoms with Crippen LogP contribution in [-0.4, -0.2) is 53.2 Å². The maximum atomic E-state index is 9.48. The molecule has 1 aromatic carbocycles. The van der Waals surface area contributed by atoms with Crippen molar-refractivity contribution in [1.82, 2.24) is 9.80 Å². The van der Waals surface area contributed by atoms with Crippen LogP contribution in [0.1, 0.15) is 48.8 Å². The highest BCUT2D eigenvalue weighted by atomic mass is 16.3. The maximum absolute atomic E-state index is 9.48. The standard InChI is InChI=1S/C20H32N2O/c1-16-7-8-18(13-17(16)2)14-21-10-11-22(19-5-3-4-6-19)20(15-21)9-12-23/h7-8,13,19-20,23H,3-6,9-12,14-15H2,1-2H3/t20-/m0/s1. The molecule has 1 heterocycles. The zero-order valence-corrected chi connectivity index (χ0v) is 14.8. The van der Waals surface area contributed by atoms with E-state index < -0.39 is 0 Å². The minimum absolute atomic E-state index is 0.311. The molecular weight excluding hydrogens is 284 g/mol. The summed E-state index contributed by atoms with van der Waals surface area (Å²) in [6, 6.07) is 8.15. The summed E-state index contributed by atoms with van der Waals surface area (Å²) in [6.45, 7) is 9.16. The van der Waals surface area contributed by atoms with Gasteiger partial charge in [-0.05, 0) is 49.8 Å². The van der Waals surface area contributed by atoms with Crippen molar-refractivity contribution in [3.8, 4) is 0 Å². The van der Waals surface area contributed by atoms with E-state index >= 15 is 0 Å². The van der Waals surface area contributed by atoms with E-state index in [0.717, 1.165) is 32.1 Å². The first-order valence-electron chi connectivity index (χ1n) is 9.32. The lowest BCUT2D eigenvalue weighted by Crippen LogP contribution is -2.56. The van der Waals surface area contributed by atoms with Gasteiger partial charge in [-0.25, -0.2) is 0 Å². The third-order valence-electron chi connectivity index (χ3n) is 5.85. The highest BCUT2D eigenvalue weighted by Crippen LogP contribution is 2.28. The molecule has 128 valence electrons.